The molecule has 1 saturated heterocycles. The summed E-state index contributed by atoms with van der Waals surface area (Å²) >= 11 is 0. The predicted molar refractivity (Wildman–Crippen MR) is 125 cm³/mol. The summed E-state index contributed by atoms with van der Waals surface area (Å²) in [7, 11) is 0. The Morgan fingerprint density at radius 1 is 0.949 bits per heavy atom. The van der Waals surface area contributed by atoms with Gasteiger partial charge in [-0.15, -0.1) is 0 Å². The van der Waals surface area contributed by atoms with Crippen molar-refractivity contribution in [3.63, 3.8) is 0 Å². The lowest BCUT2D eigenvalue weighted by molar-refractivity contribution is -0.193. The summed E-state index contributed by atoms with van der Waals surface area (Å²) in [5.74, 6) is -5.51. The zero-order valence-corrected chi connectivity index (χ0v) is 20.6. The first-order chi connectivity index (χ1) is 18.3. The fourth-order valence-corrected chi connectivity index (χ4v) is 4.06. The second-order valence-electron chi connectivity index (χ2n) is 8.57. The molecule has 2 aromatic rings. The van der Waals surface area contributed by atoms with E-state index < -0.39 is 24.3 Å². The normalized spacial score (nSPS) is 21.0. The van der Waals surface area contributed by atoms with Crippen LogP contribution < -0.4 is 0 Å². The first-order valence-corrected chi connectivity index (χ1v) is 11.8. The van der Waals surface area contributed by atoms with Crippen LogP contribution in [-0.4, -0.2) is 82.3 Å². The summed E-state index contributed by atoms with van der Waals surface area (Å²) in [6.07, 6.45) is -2.74. The molecule has 1 saturated carbocycles. The van der Waals surface area contributed by atoms with Gasteiger partial charge in [0.2, 0.25) is 0 Å². The van der Waals surface area contributed by atoms with Gasteiger partial charge in [-0.25, -0.2) is 9.59 Å². The molecule has 4 rings (SSSR count). The Morgan fingerprint density at radius 3 is 2.08 bits per heavy atom. The molecule has 2 bridgehead atoms. The van der Waals surface area contributed by atoms with Crippen LogP contribution in [0.3, 0.4) is 0 Å². The maximum absolute atomic E-state index is 10.6. The number of carbonyl (C=O) groups is 2. The van der Waals surface area contributed by atoms with Gasteiger partial charge in [-0.3, -0.25) is 9.88 Å². The molecule has 1 aromatic carbocycles. The Balaban J connectivity index is 0.000000317. The topological polar surface area (TPSA) is 109 Å². The minimum absolute atomic E-state index is 0.165. The van der Waals surface area contributed by atoms with Crippen LogP contribution in [0.15, 0.2) is 54.9 Å². The van der Waals surface area contributed by atoms with E-state index in [1.165, 1.54) is 5.56 Å². The third-order valence-electron chi connectivity index (χ3n) is 5.85. The van der Waals surface area contributed by atoms with Crippen LogP contribution in [0.25, 0.3) is 0 Å². The van der Waals surface area contributed by atoms with Gasteiger partial charge in [-0.1, -0.05) is 36.4 Å². The highest BCUT2D eigenvalue weighted by Crippen LogP contribution is 2.32. The van der Waals surface area contributed by atoms with Crippen molar-refractivity contribution in [2.45, 2.75) is 56.5 Å². The van der Waals surface area contributed by atoms with Crippen molar-refractivity contribution in [2.75, 3.05) is 19.7 Å². The Morgan fingerprint density at radius 2 is 1.54 bits per heavy atom. The van der Waals surface area contributed by atoms with Gasteiger partial charge < -0.3 is 19.7 Å². The van der Waals surface area contributed by atoms with Gasteiger partial charge in [0.25, 0.3) is 0 Å². The van der Waals surface area contributed by atoms with Crippen molar-refractivity contribution in [3.05, 3.63) is 66.0 Å². The molecule has 39 heavy (non-hydrogen) atoms. The fraction of sp³-hybridized carbons (Fsp3) is 0.480. The molecule has 2 fully saturated rings. The Labute approximate surface area is 220 Å². The van der Waals surface area contributed by atoms with E-state index in [9.17, 15) is 26.3 Å². The molecule has 1 aromatic heterocycles. The lowest BCUT2D eigenvalue weighted by Gasteiger charge is -2.31. The summed E-state index contributed by atoms with van der Waals surface area (Å²) in [5, 5.41) is 14.2. The third kappa shape index (κ3) is 11.2. The number of carboxylic acid groups (broad SMARTS) is 2. The number of hydrogen-bond donors (Lipinski definition) is 2. The van der Waals surface area contributed by atoms with Crippen molar-refractivity contribution in [1.82, 2.24) is 9.88 Å². The maximum Gasteiger partial charge on any atom is 0.490 e. The summed E-state index contributed by atoms with van der Waals surface area (Å²) in [6.45, 7) is 3.49. The second kappa shape index (κ2) is 14.8. The minimum Gasteiger partial charge on any atom is -0.475 e. The average Bonchev–Trinajstić information content (AvgIpc) is 3.18. The molecule has 14 heteroatoms. The number of fused-ring (bicyclic) bond motifs is 2. The van der Waals surface area contributed by atoms with Crippen LogP contribution in [0, 0.1) is 0 Å². The monoisotopic (exact) mass is 566 g/mol. The van der Waals surface area contributed by atoms with E-state index in [0.29, 0.717) is 12.6 Å². The van der Waals surface area contributed by atoms with E-state index in [1.807, 2.05) is 12.3 Å². The standard InChI is InChI=1S/C21H26N2O2.2C2HF3O2/c1-2-5-17(6-3-1)10-12-23-13-14-24-20-9-8-19(23)21(20)25-16-18-7-4-11-22-15-18;2*3-2(4,5)1(6)7/h1-7,11,15,19-21H,8-10,12-14,16H2;2*(H,6,7). The first kappa shape index (κ1) is 32.0. The summed E-state index contributed by atoms with van der Waals surface area (Å²) in [6, 6.07) is 15.2. The molecule has 1 aliphatic heterocycles. The van der Waals surface area contributed by atoms with Crippen LogP contribution in [0.4, 0.5) is 26.3 Å². The second-order valence-corrected chi connectivity index (χ2v) is 8.57. The number of alkyl halides is 6. The zero-order chi connectivity index (χ0) is 29.1. The lowest BCUT2D eigenvalue weighted by Crippen LogP contribution is -2.44. The predicted octanol–water partition coefficient (Wildman–Crippen LogP) is 4.34. The molecule has 3 atom stereocenters. The van der Waals surface area contributed by atoms with E-state index in [1.54, 1.807) is 6.20 Å². The van der Waals surface area contributed by atoms with Gasteiger partial charge in [0, 0.05) is 31.5 Å². The number of hydrogen-bond acceptors (Lipinski definition) is 6. The van der Waals surface area contributed by atoms with E-state index in [-0.39, 0.29) is 12.2 Å². The molecule has 216 valence electrons. The largest absolute Gasteiger partial charge is 0.490 e. The molecule has 3 unspecified atom stereocenters. The number of benzene rings is 1. The van der Waals surface area contributed by atoms with Crippen LogP contribution in [0.5, 0.6) is 0 Å². The molecule has 0 radical (unpaired) electrons. The third-order valence-corrected chi connectivity index (χ3v) is 5.85. The van der Waals surface area contributed by atoms with Gasteiger partial charge in [0.05, 0.1) is 25.4 Å². The summed E-state index contributed by atoms with van der Waals surface area (Å²) in [5.41, 5.74) is 2.53. The van der Waals surface area contributed by atoms with Crippen LogP contribution in [0.1, 0.15) is 24.0 Å². The number of aromatic nitrogens is 1. The van der Waals surface area contributed by atoms with Crippen LogP contribution in [-0.2, 0) is 32.1 Å². The van der Waals surface area contributed by atoms with Crippen molar-refractivity contribution in [2.24, 2.45) is 0 Å². The molecule has 1 aliphatic carbocycles. The highest BCUT2D eigenvalue weighted by Gasteiger charge is 2.43. The number of aliphatic carboxylic acids is 2. The van der Waals surface area contributed by atoms with Gasteiger partial charge >= 0.3 is 24.3 Å². The summed E-state index contributed by atoms with van der Waals surface area (Å²) in [4.78, 5) is 24.5. The number of ether oxygens (including phenoxy) is 2. The first-order valence-electron chi connectivity index (χ1n) is 11.8. The van der Waals surface area contributed by atoms with Crippen molar-refractivity contribution >= 4 is 11.9 Å². The number of halogens is 6. The Hall–Kier alpha value is -3.23. The maximum atomic E-state index is 10.6. The van der Waals surface area contributed by atoms with Gasteiger partial charge in [-0.05, 0) is 36.5 Å². The molecular formula is C25H28F6N2O6. The molecule has 0 amide bonds. The molecule has 2 N–H and O–H groups in total. The van der Waals surface area contributed by atoms with Gasteiger partial charge in [0.15, 0.2) is 0 Å². The van der Waals surface area contributed by atoms with E-state index >= 15 is 0 Å². The molecular weight excluding hydrogens is 538 g/mol. The lowest BCUT2D eigenvalue weighted by atomic mass is 10.1. The van der Waals surface area contributed by atoms with Crippen LogP contribution >= 0.6 is 0 Å². The smallest absolute Gasteiger partial charge is 0.475 e. The molecule has 2 heterocycles. The Bertz CT molecular complexity index is 999. The van der Waals surface area contributed by atoms with E-state index in [0.717, 1.165) is 44.5 Å². The zero-order valence-electron chi connectivity index (χ0n) is 20.6. The Kier molecular flexibility index (Phi) is 12.1. The molecule has 8 nitrogen and oxygen atoms in total. The van der Waals surface area contributed by atoms with Gasteiger partial charge in [0.1, 0.15) is 0 Å². The van der Waals surface area contributed by atoms with Crippen molar-refractivity contribution in [3.8, 4) is 0 Å². The van der Waals surface area contributed by atoms with Crippen molar-refractivity contribution in [1.29, 1.82) is 0 Å². The summed E-state index contributed by atoms with van der Waals surface area (Å²) < 4.78 is 75.9. The number of carboxylic acids is 2. The van der Waals surface area contributed by atoms with E-state index in [4.69, 9.17) is 29.3 Å². The highest BCUT2D eigenvalue weighted by molar-refractivity contribution is 5.73. The fourth-order valence-electron chi connectivity index (χ4n) is 4.06. The number of pyridine rings is 1. The number of rotatable bonds is 6. The van der Waals surface area contributed by atoms with Gasteiger partial charge in [-0.2, -0.15) is 26.3 Å². The number of nitrogens with zero attached hydrogens (tertiary/aromatic N) is 2. The quantitative estimate of drug-likeness (QED) is 0.498. The highest BCUT2D eigenvalue weighted by atomic mass is 19.4. The average molecular weight is 566 g/mol. The van der Waals surface area contributed by atoms with E-state index in [2.05, 4.69) is 46.3 Å². The SMILES string of the molecule is O=C(O)C(F)(F)F.O=C(O)C(F)(F)F.c1ccc(CCN2CCOC3CCC2C3OCc2cccnc2)cc1. The molecule has 0 spiro atoms. The van der Waals surface area contributed by atoms with Crippen LogP contribution in [0.2, 0.25) is 0 Å². The molecule has 2 aliphatic rings. The minimum atomic E-state index is -5.08. The van der Waals surface area contributed by atoms with Crippen molar-refractivity contribution < 1.29 is 55.6 Å².